The Labute approximate surface area is 118 Å². The summed E-state index contributed by atoms with van der Waals surface area (Å²) in [7, 11) is 2.97. The number of para-hydroxylation sites is 1. The molecule has 0 saturated carbocycles. The zero-order chi connectivity index (χ0) is 15.1. The van der Waals surface area contributed by atoms with Gasteiger partial charge >= 0.3 is 0 Å². The van der Waals surface area contributed by atoms with Crippen LogP contribution in [0.4, 0.5) is 0 Å². The number of rotatable bonds is 6. The van der Waals surface area contributed by atoms with Gasteiger partial charge in [0.05, 0.1) is 13.2 Å². The van der Waals surface area contributed by atoms with Gasteiger partial charge in [-0.15, -0.1) is 0 Å². The third-order valence-electron chi connectivity index (χ3n) is 3.14. The predicted octanol–water partition coefficient (Wildman–Crippen LogP) is 1.64. The Balaban J connectivity index is 2.85. The maximum absolute atomic E-state index is 12.0. The van der Waals surface area contributed by atoms with Crippen LogP contribution in [-0.4, -0.2) is 25.8 Å². The van der Waals surface area contributed by atoms with E-state index in [1.165, 1.54) is 7.05 Å². The van der Waals surface area contributed by atoms with Crippen LogP contribution in [0.3, 0.4) is 0 Å². The van der Waals surface area contributed by atoms with Gasteiger partial charge in [-0.25, -0.2) is 0 Å². The first-order valence-electron chi connectivity index (χ1n) is 6.32. The quantitative estimate of drug-likeness (QED) is 0.800. The second-order valence-electron chi connectivity index (χ2n) is 4.49. The summed E-state index contributed by atoms with van der Waals surface area (Å²) in [4.78, 5) is 23.5. The molecule has 0 aromatic heterocycles. The van der Waals surface area contributed by atoms with Crippen LogP contribution in [0.5, 0.6) is 5.75 Å². The molecule has 0 aliphatic heterocycles. The zero-order valence-electron chi connectivity index (χ0n) is 11.8. The molecule has 0 radical (unpaired) electrons. The molecule has 106 valence electrons. The largest absolute Gasteiger partial charge is 0.496 e. The van der Waals surface area contributed by atoms with Crippen molar-refractivity contribution in [3.8, 4) is 11.8 Å². The number of nitrogens with zero attached hydrogens (tertiary/aromatic N) is 1. The maximum atomic E-state index is 12.0. The number of carbonyl (C=O) groups is 2. The molecule has 5 nitrogen and oxygen atoms in total. The first-order valence-corrected chi connectivity index (χ1v) is 6.32. The van der Waals surface area contributed by atoms with Crippen molar-refractivity contribution in [1.29, 1.82) is 5.26 Å². The second kappa shape index (κ2) is 7.29. The first kappa shape index (κ1) is 15.7. The van der Waals surface area contributed by atoms with Gasteiger partial charge < -0.3 is 10.1 Å². The minimum atomic E-state index is -1.25. The van der Waals surface area contributed by atoms with Gasteiger partial charge in [-0.1, -0.05) is 25.1 Å². The van der Waals surface area contributed by atoms with E-state index in [-0.39, 0.29) is 18.1 Å². The number of methoxy groups -OCH3 is 1. The van der Waals surface area contributed by atoms with Crippen molar-refractivity contribution in [3.05, 3.63) is 29.8 Å². The smallest absolute Gasteiger partial charge is 0.244 e. The van der Waals surface area contributed by atoms with Crippen molar-refractivity contribution < 1.29 is 14.3 Å². The maximum Gasteiger partial charge on any atom is 0.244 e. The van der Waals surface area contributed by atoms with Crippen molar-refractivity contribution in [1.82, 2.24) is 5.32 Å². The lowest BCUT2D eigenvalue weighted by molar-refractivity contribution is -0.131. The van der Waals surface area contributed by atoms with Gasteiger partial charge in [0.15, 0.2) is 11.7 Å². The first-order chi connectivity index (χ1) is 9.54. The van der Waals surface area contributed by atoms with E-state index in [4.69, 9.17) is 10.00 Å². The van der Waals surface area contributed by atoms with E-state index >= 15 is 0 Å². The van der Waals surface area contributed by atoms with Crippen molar-refractivity contribution in [2.24, 2.45) is 5.92 Å². The Morgan fingerprint density at radius 3 is 2.60 bits per heavy atom. The SMILES string of the molecule is CNC(=O)[C@H](C#N)C(=O)C[C@H](C)c1ccccc1OC. The van der Waals surface area contributed by atoms with Crippen LogP contribution >= 0.6 is 0 Å². The molecule has 1 aromatic carbocycles. The summed E-state index contributed by atoms with van der Waals surface area (Å²) < 4.78 is 5.25. The average Bonchev–Trinajstić information content (AvgIpc) is 2.47. The molecule has 1 aromatic rings. The van der Waals surface area contributed by atoms with Crippen LogP contribution in [0.25, 0.3) is 0 Å². The third kappa shape index (κ3) is 3.58. The number of Topliss-reactive ketones (excluding diaryl/α,β-unsaturated/α-hetero) is 1. The standard InChI is InChI=1S/C15H18N2O3/c1-10(11-6-4-5-7-14(11)20-3)8-13(18)12(9-16)15(19)17-2/h4-7,10,12H,8H2,1-3H3,(H,17,19)/t10-,12+/m0/s1. The fourth-order valence-electron chi connectivity index (χ4n) is 2.02. The van der Waals surface area contributed by atoms with Crippen LogP contribution in [0, 0.1) is 17.2 Å². The molecule has 5 heteroatoms. The predicted molar refractivity (Wildman–Crippen MR) is 74.2 cm³/mol. The Bertz CT molecular complexity index is 534. The molecule has 0 bridgehead atoms. The summed E-state index contributed by atoms with van der Waals surface area (Å²) in [6.07, 6.45) is 0.117. The highest BCUT2D eigenvalue weighted by molar-refractivity contribution is 6.04. The van der Waals surface area contributed by atoms with Crippen molar-refractivity contribution >= 4 is 11.7 Å². The Morgan fingerprint density at radius 1 is 1.40 bits per heavy atom. The fraction of sp³-hybridized carbons (Fsp3) is 0.400. The van der Waals surface area contributed by atoms with Crippen molar-refractivity contribution in [3.63, 3.8) is 0 Å². The Hall–Kier alpha value is -2.35. The van der Waals surface area contributed by atoms with Crippen molar-refractivity contribution in [2.75, 3.05) is 14.2 Å². The molecule has 0 spiro atoms. The molecule has 1 N–H and O–H groups in total. The Morgan fingerprint density at radius 2 is 2.05 bits per heavy atom. The molecule has 1 rings (SSSR count). The van der Waals surface area contributed by atoms with Crippen molar-refractivity contribution in [2.45, 2.75) is 19.3 Å². The highest BCUT2D eigenvalue weighted by atomic mass is 16.5. The van der Waals surface area contributed by atoms with Gasteiger partial charge in [0, 0.05) is 13.5 Å². The van der Waals surface area contributed by atoms with Crippen LogP contribution in [-0.2, 0) is 9.59 Å². The molecular formula is C15H18N2O3. The molecule has 0 heterocycles. The lowest BCUT2D eigenvalue weighted by atomic mass is 9.90. The number of hydrogen-bond acceptors (Lipinski definition) is 4. The summed E-state index contributed by atoms with van der Waals surface area (Å²) in [6.45, 7) is 1.87. The van der Waals surface area contributed by atoms with E-state index < -0.39 is 11.8 Å². The molecule has 0 aliphatic rings. The summed E-state index contributed by atoms with van der Waals surface area (Å²) in [5, 5.41) is 11.3. The summed E-state index contributed by atoms with van der Waals surface area (Å²) in [5.74, 6) is -1.63. The Kier molecular flexibility index (Phi) is 5.73. The number of ether oxygens (including phenoxy) is 1. The third-order valence-corrected chi connectivity index (χ3v) is 3.14. The van der Waals surface area contributed by atoms with Gasteiger partial charge in [-0.05, 0) is 17.5 Å². The van der Waals surface area contributed by atoms with Crippen LogP contribution in [0.1, 0.15) is 24.8 Å². The van der Waals surface area contributed by atoms with E-state index in [2.05, 4.69) is 5.32 Å². The van der Waals surface area contributed by atoms with Gasteiger partial charge in [0.25, 0.3) is 0 Å². The number of amides is 1. The second-order valence-corrected chi connectivity index (χ2v) is 4.49. The molecule has 0 saturated heterocycles. The molecule has 0 fully saturated rings. The van der Waals surface area contributed by atoms with Gasteiger partial charge in [-0.3, -0.25) is 9.59 Å². The molecular weight excluding hydrogens is 256 g/mol. The summed E-state index contributed by atoms with van der Waals surface area (Å²) >= 11 is 0. The van der Waals surface area contributed by atoms with Crippen LogP contribution in [0.2, 0.25) is 0 Å². The zero-order valence-corrected chi connectivity index (χ0v) is 11.8. The van der Waals surface area contributed by atoms with E-state index in [0.717, 1.165) is 5.56 Å². The normalized spacial score (nSPS) is 12.9. The lowest BCUT2D eigenvalue weighted by Crippen LogP contribution is -2.32. The van der Waals surface area contributed by atoms with Gasteiger partial charge in [0.2, 0.25) is 5.91 Å². The van der Waals surface area contributed by atoms with Crippen LogP contribution in [0.15, 0.2) is 24.3 Å². The number of benzene rings is 1. The number of hydrogen-bond donors (Lipinski definition) is 1. The molecule has 2 atom stereocenters. The summed E-state index contributed by atoms with van der Waals surface area (Å²) in [5.41, 5.74) is 0.886. The number of nitrogens with one attached hydrogen (secondary N) is 1. The van der Waals surface area contributed by atoms with E-state index in [9.17, 15) is 9.59 Å². The van der Waals surface area contributed by atoms with Crippen LogP contribution < -0.4 is 10.1 Å². The average molecular weight is 274 g/mol. The number of carbonyl (C=O) groups excluding carboxylic acids is 2. The van der Waals surface area contributed by atoms with E-state index in [0.29, 0.717) is 5.75 Å². The molecule has 20 heavy (non-hydrogen) atoms. The minimum absolute atomic E-state index is 0.117. The van der Waals surface area contributed by atoms with E-state index in [1.807, 2.05) is 31.2 Å². The fourth-order valence-corrected chi connectivity index (χ4v) is 2.02. The highest BCUT2D eigenvalue weighted by Crippen LogP contribution is 2.29. The summed E-state index contributed by atoms with van der Waals surface area (Å²) in [6, 6.07) is 9.14. The highest BCUT2D eigenvalue weighted by Gasteiger charge is 2.27. The molecule has 0 unspecified atom stereocenters. The van der Waals surface area contributed by atoms with E-state index in [1.54, 1.807) is 13.2 Å². The van der Waals surface area contributed by atoms with Gasteiger partial charge in [0.1, 0.15) is 5.75 Å². The monoisotopic (exact) mass is 274 g/mol. The molecule has 0 aliphatic carbocycles. The lowest BCUT2D eigenvalue weighted by Gasteiger charge is -2.16. The number of ketones is 1. The topological polar surface area (TPSA) is 79.2 Å². The minimum Gasteiger partial charge on any atom is -0.496 e. The number of nitriles is 1. The molecule has 1 amide bonds. The van der Waals surface area contributed by atoms with Gasteiger partial charge in [-0.2, -0.15) is 5.26 Å².